The fourth-order valence-corrected chi connectivity index (χ4v) is 1.38. The van der Waals surface area contributed by atoms with Gasteiger partial charge >= 0.3 is 0 Å². The van der Waals surface area contributed by atoms with Gasteiger partial charge in [0.1, 0.15) is 0 Å². The molecule has 0 radical (unpaired) electrons. The molecule has 0 saturated heterocycles. The van der Waals surface area contributed by atoms with Gasteiger partial charge in [-0.1, -0.05) is 6.92 Å². The Morgan fingerprint density at radius 2 is 2.17 bits per heavy atom. The lowest BCUT2D eigenvalue weighted by atomic mass is 10.2. The molecule has 1 aromatic rings. The summed E-state index contributed by atoms with van der Waals surface area (Å²) in [4.78, 5) is 26.4. The van der Waals surface area contributed by atoms with Crippen molar-refractivity contribution in [2.24, 2.45) is 5.73 Å². The van der Waals surface area contributed by atoms with E-state index in [9.17, 15) is 9.59 Å². The van der Waals surface area contributed by atoms with E-state index >= 15 is 0 Å². The third kappa shape index (κ3) is 4.40. The second kappa shape index (κ2) is 7.26. The highest BCUT2D eigenvalue weighted by Crippen LogP contribution is 2.13. The minimum atomic E-state index is -0.439. The number of amides is 2. The monoisotopic (exact) mass is 250 g/mol. The molecule has 1 aromatic heterocycles. The molecule has 6 nitrogen and oxygen atoms in total. The van der Waals surface area contributed by atoms with E-state index in [0.29, 0.717) is 5.56 Å². The van der Waals surface area contributed by atoms with Crippen LogP contribution in [0.2, 0.25) is 0 Å². The van der Waals surface area contributed by atoms with Crippen molar-refractivity contribution in [3.63, 3.8) is 0 Å². The van der Waals surface area contributed by atoms with Crippen LogP contribution in [0.1, 0.15) is 30.1 Å². The van der Waals surface area contributed by atoms with Crippen LogP contribution in [-0.4, -0.2) is 29.9 Å². The normalized spacial score (nSPS) is 9.83. The van der Waals surface area contributed by atoms with Crippen molar-refractivity contribution in [1.82, 2.24) is 10.3 Å². The smallest absolute Gasteiger partial charge is 0.254 e. The lowest BCUT2D eigenvalue weighted by molar-refractivity contribution is -0.117. The topological polar surface area (TPSA) is 97.1 Å². The Morgan fingerprint density at radius 3 is 2.83 bits per heavy atom. The first-order valence-corrected chi connectivity index (χ1v) is 5.89. The summed E-state index contributed by atoms with van der Waals surface area (Å²) in [5.41, 5.74) is 6.21. The van der Waals surface area contributed by atoms with Crippen molar-refractivity contribution >= 4 is 17.5 Å². The first-order valence-electron chi connectivity index (χ1n) is 5.89. The average Bonchev–Trinajstić information content (AvgIpc) is 2.36. The molecule has 2 amide bonds. The first kappa shape index (κ1) is 14.0. The summed E-state index contributed by atoms with van der Waals surface area (Å²) in [6.45, 7) is 3.06. The molecule has 0 aromatic carbocycles. The van der Waals surface area contributed by atoms with Gasteiger partial charge < -0.3 is 16.4 Å². The Hall–Kier alpha value is -2.11. The second-order valence-electron chi connectivity index (χ2n) is 3.82. The second-order valence-corrected chi connectivity index (χ2v) is 3.82. The maximum absolute atomic E-state index is 11.9. The summed E-state index contributed by atoms with van der Waals surface area (Å²) in [6, 6.07) is 1.75. The van der Waals surface area contributed by atoms with Crippen LogP contribution in [-0.2, 0) is 4.79 Å². The summed E-state index contributed by atoms with van der Waals surface area (Å²) in [6.07, 6.45) is 4.21. The van der Waals surface area contributed by atoms with Crippen LogP contribution in [0.5, 0.6) is 0 Å². The van der Waals surface area contributed by atoms with E-state index in [1.54, 1.807) is 12.3 Å². The molecule has 6 heteroatoms. The molecule has 0 aliphatic heterocycles. The maximum Gasteiger partial charge on any atom is 0.254 e. The number of rotatable bonds is 7. The first-order chi connectivity index (χ1) is 8.65. The van der Waals surface area contributed by atoms with Crippen molar-refractivity contribution in [2.45, 2.75) is 19.8 Å². The zero-order chi connectivity index (χ0) is 13.4. The summed E-state index contributed by atoms with van der Waals surface area (Å²) in [7, 11) is 0. The molecule has 0 atom stereocenters. The molecular weight excluding hydrogens is 232 g/mol. The predicted molar refractivity (Wildman–Crippen MR) is 69.2 cm³/mol. The van der Waals surface area contributed by atoms with Crippen LogP contribution in [0.4, 0.5) is 5.69 Å². The SMILES string of the molecule is CCCNc1ccncc1C(=O)NCCC(N)=O. The number of pyridine rings is 1. The minimum Gasteiger partial charge on any atom is -0.384 e. The number of hydrogen-bond acceptors (Lipinski definition) is 4. The molecule has 0 unspecified atom stereocenters. The average molecular weight is 250 g/mol. The van der Waals surface area contributed by atoms with Crippen LogP contribution in [0.25, 0.3) is 0 Å². The molecule has 1 heterocycles. The fraction of sp³-hybridized carbons (Fsp3) is 0.417. The lowest BCUT2D eigenvalue weighted by Crippen LogP contribution is -2.28. The predicted octanol–water partition coefficient (Wildman–Crippen LogP) is 0.509. The molecular formula is C12H18N4O2. The van der Waals surface area contributed by atoms with Crippen LogP contribution in [0, 0.1) is 0 Å². The zero-order valence-corrected chi connectivity index (χ0v) is 10.4. The Kier molecular flexibility index (Phi) is 5.63. The largest absolute Gasteiger partial charge is 0.384 e. The molecule has 0 bridgehead atoms. The highest BCUT2D eigenvalue weighted by molar-refractivity contribution is 5.99. The molecule has 4 N–H and O–H groups in total. The van der Waals surface area contributed by atoms with E-state index in [-0.39, 0.29) is 18.9 Å². The van der Waals surface area contributed by atoms with Crippen molar-refractivity contribution in [3.05, 3.63) is 24.0 Å². The van der Waals surface area contributed by atoms with Crippen LogP contribution in [0.3, 0.4) is 0 Å². The van der Waals surface area contributed by atoms with E-state index in [2.05, 4.69) is 15.6 Å². The number of carbonyl (C=O) groups is 2. The fourth-order valence-electron chi connectivity index (χ4n) is 1.38. The summed E-state index contributed by atoms with van der Waals surface area (Å²) >= 11 is 0. The van der Waals surface area contributed by atoms with Gasteiger partial charge in [0.2, 0.25) is 5.91 Å². The van der Waals surface area contributed by atoms with Gasteiger partial charge in [0, 0.05) is 31.9 Å². The van der Waals surface area contributed by atoms with Gasteiger partial charge in [0.05, 0.1) is 11.3 Å². The molecule has 18 heavy (non-hydrogen) atoms. The number of nitrogens with zero attached hydrogens (tertiary/aromatic N) is 1. The molecule has 1 rings (SSSR count). The maximum atomic E-state index is 11.9. The highest BCUT2D eigenvalue weighted by atomic mass is 16.2. The Balaban J connectivity index is 2.63. The number of nitrogens with two attached hydrogens (primary N) is 1. The zero-order valence-electron chi connectivity index (χ0n) is 10.4. The number of nitrogens with one attached hydrogen (secondary N) is 2. The number of hydrogen-bond donors (Lipinski definition) is 3. The standard InChI is InChI=1S/C12H18N4O2/c1-2-5-15-10-3-6-14-8-9(10)12(18)16-7-4-11(13)17/h3,6,8H,2,4-5,7H2,1H3,(H2,13,17)(H,14,15)(H,16,18). The van der Waals surface area contributed by atoms with Gasteiger partial charge in [-0.25, -0.2) is 0 Å². The van der Waals surface area contributed by atoms with Gasteiger partial charge in [-0.3, -0.25) is 14.6 Å². The number of carbonyl (C=O) groups excluding carboxylic acids is 2. The van der Waals surface area contributed by atoms with E-state index in [4.69, 9.17) is 5.73 Å². The van der Waals surface area contributed by atoms with Crippen LogP contribution in [0.15, 0.2) is 18.5 Å². The van der Waals surface area contributed by atoms with Gasteiger partial charge in [-0.15, -0.1) is 0 Å². The molecule has 0 spiro atoms. The highest BCUT2D eigenvalue weighted by Gasteiger charge is 2.10. The number of aromatic nitrogens is 1. The Morgan fingerprint density at radius 1 is 1.39 bits per heavy atom. The third-order valence-electron chi connectivity index (χ3n) is 2.29. The summed E-state index contributed by atoms with van der Waals surface area (Å²) < 4.78 is 0. The van der Waals surface area contributed by atoms with E-state index in [1.807, 2.05) is 6.92 Å². The van der Waals surface area contributed by atoms with Crippen LogP contribution >= 0.6 is 0 Å². The third-order valence-corrected chi connectivity index (χ3v) is 2.29. The molecule has 0 saturated carbocycles. The minimum absolute atomic E-state index is 0.129. The quantitative estimate of drug-likeness (QED) is 0.656. The van der Waals surface area contributed by atoms with E-state index < -0.39 is 5.91 Å². The van der Waals surface area contributed by atoms with Gasteiger partial charge in [-0.05, 0) is 12.5 Å². The summed E-state index contributed by atoms with van der Waals surface area (Å²) in [5.74, 6) is -0.700. The van der Waals surface area contributed by atoms with E-state index in [1.165, 1.54) is 6.20 Å². The number of anilines is 1. The molecule has 0 aliphatic carbocycles. The van der Waals surface area contributed by atoms with Crippen molar-refractivity contribution in [2.75, 3.05) is 18.4 Å². The molecule has 0 aliphatic rings. The van der Waals surface area contributed by atoms with Gasteiger partial charge in [-0.2, -0.15) is 0 Å². The van der Waals surface area contributed by atoms with E-state index in [0.717, 1.165) is 18.7 Å². The van der Waals surface area contributed by atoms with Crippen molar-refractivity contribution < 1.29 is 9.59 Å². The summed E-state index contributed by atoms with van der Waals surface area (Å²) in [5, 5.41) is 5.78. The Bertz CT molecular complexity index is 420. The van der Waals surface area contributed by atoms with Crippen molar-refractivity contribution in [1.29, 1.82) is 0 Å². The number of primary amides is 1. The van der Waals surface area contributed by atoms with Crippen molar-refractivity contribution in [3.8, 4) is 0 Å². The molecule has 0 fully saturated rings. The van der Waals surface area contributed by atoms with Crippen LogP contribution < -0.4 is 16.4 Å². The van der Waals surface area contributed by atoms with Gasteiger partial charge in [0.25, 0.3) is 5.91 Å². The Labute approximate surface area is 106 Å². The lowest BCUT2D eigenvalue weighted by Gasteiger charge is -2.10. The molecule has 98 valence electrons. The van der Waals surface area contributed by atoms with Gasteiger partial charge in [0.15, 0.2) is 0 Å².